The Labute approximate surface area is 130 Å². The van der Waals surface area contributed by atoms with E-state index in [1.807, 2.05) is 42.9 Å². The average Bonchev–Trinajstić information content (AvgIpc) is 2.80. The Balaban J connectivity index is 0.000000133. The number of pyridine rings is 1. The van der Waals surface area contributed by atoms with Gasteiger partial charge in [0.2, 0.25) is 0 Å². The maximum atomic E-state index is 4.20. The van der Waals surface area contributed by atoms with Crippen LogP contribution in [0.5, 0.6) is 0 Å². The van der Waals surface area contributed by atoms with E-state index in [1.165, 1.54) is 21.9 Å². The number of hydrogen-bond acceptors (Lipinski definition) is 3. The Morgan fingerprint density at radius 3 is 2.68 bits per heavy atom. The molecule has 0 aliphatic carbocycles. The van der Waals surface area contributed by atoms with Gasteiger partial charge in [-0.1, -0.05) is 42.0 Å². The van der Waals surface area contributed by atoms with Crippen molar-refractivity contribution in [2.75, 3.05) is 0 Å². The molecular weight excluding hydrogens is 270 g/mol. The lowest BCUT2D eigenvalue weighted by atomic mass is 10.1. The van der Waals surface area contributed by atoms with Gasteiger partial charge in [-0.05, 0) is 35.4 Å². The quantitative estimate of drug-likeness (QED) is 0.599. The summed E-state index contributed by atoms with van der Waals surface area (Å²) in [6.07, 6.45) is 8.05. The van der Waals surface area contributed by atoms with Crippen LogP contribution in [0.1, 0.15) is 11.1 Å². The molecule has 4 rings (SSSR count). The zero-order valence-corrected chi connectivity index (χ0v) is 12.5. The van der Waals surface area contributed by atoms with Crippen molar-refractivity contribution in [2.45, 2.75) is 13.3 Å². The molecule has 0 radical (unpaired) electrons. The minimum absolute atomic E-state index is 0.886. The second-order valence-corrected chi connectivity index (χ2v) is 5.14. The van der Waals surface area contributed by atoms with E-state index in [2.05, 4.69) is 46.2 Å². The van der Waals surface area contributed by atoms with Crippen LogP contribution >= 0.6 is 0 Å². The summed E-state index contributed by atoms with van der Waals surface area (Å²) in [7, 11) is 0. The molecule has 2 heterocycles. The lowest BCUT2D eigenvalue weighted by molar-refractivity contribution is 1.31. The lowest BCUT2D eigenvalue weighted by Gasteiger charge is -2.01. The molecule has 3 aromatic rings. The smallest absolute Gasteiger partial charge is 0.115 e. The molecule has 1 aliphatic heterocycles. The Kier molecular flexibility index (Phi) is 4.35. The Morgan fingerprint density at radius 1 is 0.955 bits per heavy atom. The fourth-order valence-electron chi connectivity index (χ4n) is 2.32. The van der Waals surface area contributed by atoms with Gasteiger partial charge in [0.25, 0.3) is 0 Å². The van der Waals surface area contributed by atoms with Crippen LogP contribution in [0.4, 0.5) is 5.69 Å². The van der Waals surface area contributed by atoms with Crippen LogP contribution in [-0.4, -0.2) is 17.5 Å². The van der Waals surface area contributed by atoms with Crippen LogP contribution in [0.15, 0.2) is 70.9 Å². The molecule has 3 heteroatoms. The van der Waals surface area contributed by atoms with Crippen molar-refractivity contribution in [1.82, 2.24) is 4.98 Å². The first-order valence-corrected chi connectivity index (χ1v) is 7.25. The van der Waals surface area contributed by atoms with Crippen molar-refractivity contribution in [3.8, 4) is 0 Å². The highest BCUT2D eigenvalue weighted by atomic mass is 14.9. The van der Waals surface area contributed by atoms with Gasteiger partial charge in [0.15, 0.2) is 0 Å². The molecular formula is C19H17N3. The van der Waals surface area contributed by atoms with Crippen molar-refractivity contribution < 1.29 is 0 Å². The van der Waals surface area contributed by atoms with Crippen LogP contribution in [0.3, 0.4) is 0 Å². The first-order valence-electron chi connectivity index (χ1n) is 7.25. The fraction of sp³-hybridized carbons (Fsp3) is 0.105. The summed E-state index contributed by atoms with van der Waals surface area (Å²) in [5.74, 6) is 0. The number of benzene rings is 2. The van der Waals surface area contributed by atoms with Gasteiger partial charge in [-0.25, -0.2) is 9.98 Å². The highest BCUT2D eigenvalue weighted by Crippen LogP contribution is 2.21. The van der Waals surface area contributed by atoms with Gasteiger partial charge >= 0.3 is 0 Å². The van der Waals surface area contributed by atoms with E-state index < -0.39 is 0 Å². The van der Waals surface area contributed by atoms with Crippen LogP contribution < -0.4 is 0 Å². The van der Waals surface area contributed by atoms with Crippen molar-refractivity contribution >= 4 is 29.0 Å². The predicted molar refractivity (Wildman–Crippen MR) is 93.3 cm³/mol. The highest BCUT2D eigenvalue weighted by Gasteiger charge is 2.01. The minimum Gasteiger partial charge on any atom is -0.264 e. The summed E-state index contributed by atoms with van der Waals surface area (Å²) in [5.41, 5.74) is 3.57. The van der Waals surface area contributed by atoms with E-state index >= 15 is 0 Å². The van der Waals surface area contributed by atoms with Crippen LogP contribution in [0, 0.1) is 6.92 Å². The van der Waals surface area contributed by atoms with Gasteiger partial charge in [0.1, 0.15) is 6.34 Å². The second kappa shape index (κ2) is 6.76. The molecule has 22 heavy (non-hydrogen) atoms. The first-order chi connectivity index (χ1) is 10.8. The van der Waals surface area contributed by atoms with E-state index in [0.717, 1.165) is 12.1 Å². The number of aromatic nitrogens is 1. The highest BCUT2D eigenvalue weighted by molar-refractivity contribution is 5.81. The van der Waals surface area contributed by atoms with Crippen LogP contribution in [0.2, 0.25) is 0 Å². The largest absolute Gasteiger partial charge is 0.264 e. The maximum absolute atomic E-state index is 4.20. The molecule has 0 unspecified atom stereocenters. The standard InChI is InChI=1S/C10H10N2.C9H7N/c1-8-2-3-10-9(6-8)4-5-11-7-12-10;1-2-4-9-7-10-6-5-8(9)3-1/h2-3,5-7H,4H2,1H3;1-7H. The third kappa shape index (κ3) is 3.44. The van der Waals surface area contributed by atoms with Crippen molar-refractivity contribution in [3.63, 3.8) is 0 Å². The Morgan fingerprint density at radius 2 is 1.82 bits per heavy atom. The number of aliphatic imine (C=N–C) groups is 2. The fourth-order valence-corrected chi connectivity index (χ4v) is 2.32. The summed E-state index contributed by atoms with van der Waals surface area (Å²) in [6.45, 7) is 2.09. The third-order valence-corrected chi connectivity index (χ3v) is 3.46. The molecule has 0 amide bonds. The molecule has 0 saturated heterocycles. The lowest BCUT2D eigenvalue weighted by Crippen LogP contribution is -1.85. The van der Waals surface area contributed by atoms with E-state index in [-0.39, 0.29) is 0 Å². The maximum Gasteiger partial charge on any atom is 0.115 e. The average molecular weight is 287 g/mol. The Bertz CT molecular complexity index is 769. The van der Waals surface area contributed by atoms with Crippen LogP contribution in [-0.2, 0) is 6.42 Å². The van der Waals surface area contributed by atoms with Crippen LogP contribution in [0.25, 0.3) is 10.8 Å². The topological polar surface area (TPSA) is 37.6 Å². The zero-order valence-electron chi connectivity index (χ0n) is 12.5. The molecule has 1 aromatic heterocycles. The summed E-state index contributed by atoms with van der Waals surface area (Å²) in [6, 6.07) is 16.5. The van der Waals surface area contributed by atoms with Crippen molar-refractivity contribution in [1.29, 1.82) is 0 Å². The molecule has 3 nitrogen and oxygen atoms in total. The predicted octanol–water partition coefficient (Wildman–Crippen LogP) is 4.52. The molecule has 0 N–H and O–H groups in total. The number of nitrogens with zero attached hydrogens (tertiary/aromatic N) is 3. The summed E-state index contributed by atoms with van der Waals surface area (Å²) < 4.78 is 0. The molecule has 0 fully saturated rings. The molecule has 0 saturated carbocycles. The number of aryl methyl sites for hydroxylation is 1. The van der Waals surface area contributed by atoms with E-state index in [9.17, 15) is 0 Å². The number of hydrogen-bond donors (Lipinski definition) is 0. The van der Waals surface area contributed by atoms with Crippen molar-refractivity contribution in [3.05, 3.63) is 72.1 Å². The van der Waals surface area contributed by atoms with E-state index in [4.69, 9.17) is 0 Å². The summed E-state index contributed by atoms with van der Waals surface area (Å²) in [4.78, 5) is 12.2. The van der Waals surface area contributed by atoms with Gasteiger partial charge in [-0.3, -0.25) is 4.98 Å². The first kappa shape index (κ1) is 14.1. The zero-order chi connectivity index (χ0) is 15.2. The minimum atomic E-state index is 0.886. The summed E-state index contributed by atoms with van der Waals surface area (Å²) >= 11 is 0. The molecule has 2 aromatic carbocycles. The monoisotopic (exact) mass is 287 g/mol. The van der Waals surface area contributed by atoms with Gasteiger partial charge in [-0.15, -0.1) is 0 Å². The second-order valence-electron chi connectivity index (χ2n) is 5.14. The normalized spacial score (nSPS) is 12.2. The molecule has 108 valence electrons. The number of fused-ring (bicyclic) bond motifs is 2. The number of rotatable bonds is 0. The van der Waals surface area contributed by atoms with E-state index in [1.54, 1.807) is 6.34 Å². The molecule has 0 atom stereocenters. The SMILES string of the molecule is Cc1ccc2c(c1)CC=NC=N2.c1ccc2cnccc2c1. The summed E-state index contributed by atoms with van der Waals surface area (Å²) in [5, 5.41) is 2.45. The van der Waals surface area contributed by atoms with E-state index in [0.29, 0.717) is 0 Å². The van der Waals surface area contributed by atoms with Crippen molar-refractivity contribution in [2.24, 2.45) is 9.98 Å². The van der Waals surface area contributed by atoms with Gasteiger partial charge in [0, 0.05) is 25.0 Å². The third-order valence-electron chi connectivity index (χ3n) is 3.46. The Hall–Kier alpha value is -2.81. The molecule has 0 bridgehead atoms. The molecule has 1 aliphatic rings. The van der Waals surface area contributed by atoms with Gasteiger partial charge in [-0.2, -0.15) is 0 Å². The van der Waals surface area contributed by atoms with Gasteiger partial charge in [0.05, 0.1) is 5.69 Å². The molecule has 0 spiro atoms. The van der Waals surface area contributed by atoms with Gasteiger partial charge < -0.3 is 0 Å².